The molecule has 0 saturated carbocycles. The number of rotatable bonds is 5. The number of amides is 1. The van der Waals surface area contributed by atoms with Crippen LogP contribution in [-0.4, -0.2) is 25.6 Å². The van der Waals surface area contributed by atoms with Crippen molar-refractivity contribution in [3.05, 3.63) is 63.2 Å². The van der Waals surface area contributed by atoms with Crippen molar-refractivity contribution in [3.63, 3.8) is 0 Å². The molecule has 0 saturated heterocycles. The summed E-state index contributed by atoms with van der Waals surface area (Å²) in [7, 11) is -3.48. The van der Waals surface area contributed by atoms with Crippen molar-refractivity contribution in [2.24, 2.45) is 0 Å². The van der Waals surface area contributed by atoms with Gasteiger partial charge in [0.15, 0.2) is 0 Å². The lowest BCUT2D eigenvalue weighted by atomic mass is 10.1. The summed E-state index contributed by atoms with van der Waals surface area (Å²) in [5.41, 5.74) is 1.89. The lowest BCUT2D eigenvalue weighted by Crippen LogP contribution is -2.12. The summed E-state index contributed by atoms with van der Waals surface area (Å²) >= 11 is 7.28. The fraction of sp³-hybridized carbons (Fsp3) is 0.111. The molecule has 0 fully saturated rings. The number of nitrogens with one attached hydrogen (secondary N) is 2. The Morgan fingerprint density at radius 1 is 1.18 bits per heavy atom. The van der Waals surface area contributed by atoms with Gasteiger partial charge in [-0.1, -0.05) is 11.6 Å². The zero-order chi connectivity index (χ0) is 20.5. The number of thiophene rings is 1. The molecule has 3 aromatic rings. The van der Waals surface area contributed by atoms with Crippen molar-refractivity contribution in [2.75, 3.05) is 16.3 Å². The van der Waals surface area contributed by atoms with E-state index in [1.807, 2.05) is 6.92 Å². The third kappa shape index (κ3) is 5.06. The normalized spacial score (nSPS) is 11.3. The van der Waals surface area contributed by atoms with Crippen LogP contribution < -0.4 is 10.0 Å². The number of hydrogen-bond acceptors (Lipinski definition) is 5. The highest BCUT2D eigenvalue weighted by atomic mass is 35.5. The molecule has 0 spiro atoms. The van der Waals surface area contributed by atoms with Gasteiger partial charge in [0.2, 0.25) is 10.0 Å². The van der Waals surface area contributed by atoms with Crippen LogP contribution in [0.2, 0.25) is 5.02 Å². The summed E-state index contributed by atoms with van der Waals surface area (Å²) in [6.07, 6.45) is 2.14. The van der Waals surface area contributed by atoms with Crippen molar-refractivity contribution >= 4 is 50.2 Å². The molecule has 0 aliphatic rings. The summed E-state index contributed by atoms with van der Waals surface area (Å²) in [6.45, 7) is 1.84. The van der Waals surface area contributed by atoms with Crippen molar-refractivity contribution in [3.8, 4) is 11.3 Å². The molecule has 3 rings (SSSR count). The number of nitrogens with zero attached hydrogens (tertiary/aromatic N) is 1. The zero-order valence-corrected chi connectivity index (χ0v) is 17.2. The molecule has 1 amide bonds. The number of benzene rings is 1. The average molecular weight is 440 g/mol. The van der Waals surface area contributed by atoms with Gasteiger partial charge in [0.1, 0.15) is 5.82 Å². The van der Waals surface area contributed by atoms with Crippen LogP contribution in [0.4, 0.5) is 15.8 Å². The first-order valence-electron chi connectivity index (χ1n) is 7.93. The molecule has 0 aliphatic carbocycles. The van der Waals surface area contributed by atoms with E-state index in [1.54, 1.807) is 12.1 Å². The first-order chi connectivity index (χ1) is 13.1. The molecule has 6 nitrogen and oxygen atoms in total. The van der Waals surface area contributed by atoms with Gasteiger partial charge in [0.25, 0.3) is 5.91 Å². The second kappa shape index (κ2) is 7.86. The lowest BCUT2D eigenvalue weighted by molar-refractivity contribution is 0.103. The van der Waals surface area contributed by atoms with Gasteiger partial charge in [-0.15, -0.1) is 11.3 Å². The van der Waals surface area contributed by atoms with Crippen LogP contribution in [0.15, 0.2) is 42.6 Å². The molecule has 146 valence electrons. The maximum Gasteiger partial charge on any atom is 0.265 e. The monoisotopic (exact) mass is 439 g/mol. The number of aromatic nitrogens is 1. The minimum atomic E-state index is -3.48. The lowest BCUT2D eigenvalue weighted by Gasteiger charge is -2.09. The molecule has 0 aliphatic heterocycles. The number of carbonyl (C=O) groups excluding carboxylic acids is 1. The summed E-state index contributed by atoms with van der Waals surface area (Å²) in [5.74, 6) is -0.817. The molecule has 2 heterocycles. The first kappa shape index (κ1) is 20.2. The molecule has 0 radical (unpaired) electrons. The van der Waals surface area contributed by atoms with Crippen LogP contribution in [0.5, 0.6) is 0 Å². The van der Waals surface area contributed by atoms with Crippen LogP contribution in [-0.2, 0) is 10.0 Å². The van der Waals surface area contributed by atoms with Gasteiger partial charge in [-0.2, -0.15) is 0 Å². The highest BCUT2D eigenvalue weighted by molar-refractivity contribution is 7.92. The largest absolute Gasteiger partial charge is 0.321 e. The zero-order valence-electron chi connectivity index (χ0n) is 14.8. The van der Waals surface area contributed by atoms with Crippen LogP contribution in [0.1, 0.15) is 14.5 Å². The Morgan fingerprint density at radius 3 is 2.54 bits per heavy atom. The number of anilines is 2. The SMILES string of the molecule is Cc1sc(C(=O)Nc2cc(Cl)cc(NS(C)(=O)=O)c2)cc1-c1ccc(F)cn1. The first-order valence-corrected chi connectivity index (χ1v) is 11.0. The van der Waals surface area contributed by atoms with Crippen LogP contribution in [0.25, 0.3) is 11.3 Å². The summed E-state index contributed by atoms with van der Waals surface area (Å²) in [6, 6.07) is 8.94. The summed E-state index contributed by atoms with van der Waals surface area (Å²) < 4.78 is 38.2. The smallest absolute Gasteiger partial charge is 0.265 e. The van der Waals surface area contributed by atoms with E-state index >= 15 is 0 Å². The number of halogens is 2. The van der Waals surface area contributed by atoms with Crippen LogP contribution >= 0.6 is 22.9 Å². The van der Waals surface area contributed by atoms with Crippen LogP contribution in [0.3, 0.4) is 0 Å². The molecule has 28 heavy (non-hydrogen) atoms. The van der Waals surface area contributed by atoms with Crippen LogP contribution in [0, 0.1) is 12.7 Å². The Morgan fingerprint density at radius 2 is 1.89 bits per heavy atom. The van der Waals surface area contributed by atoms with Crippen molar-refractivity contribution in [2.45, 2.75) is 6.92 Å². The topological polar surface area (TPSA) is 88.2 Å². The summed E-state index contributed by atoms with van der Waals surface area (Å²) in [5, 5.41) is 2.96. The Labute approximate surface area is 170 Å². The molecule has 2 aromatic heterocycles. The van der Waals surface area contributed by atoms with Crippen molar-refractivity contribution in [1.29, 1.82) is 0 Å². The fourth-order valence-electron chi connectivity index (χ4n) is 2.51. The Balaban J connectivity index is 1.84. The number of pyridine rings is 1. The van der Waals surface area contributed by atoms with E-state index in [9.17, 15) is 17.6 Å². The van der Waals surface area contributed by atoms with E-state index in [4.69, 9.17) is 11.6 Å². The predicted octanol–water partition coefficient (Wildman–Crippen LogP) is 4.53. The van der Waals surface area contributed by atoms with Gasteiger partial charge < -0.3 is 5.32 Å². The van der Waals surface area contributed by atoms with Gasteiger partial charge in [-0.05, 0) is 43.3 Å². The maximum absolute atomic E-state index is 13.1. The maximum atomic E-state index is 13.1. The molecular formula is C18H15ClFN3O3S2. The average Bonchev–Trinajstić information content (AvgIpc) is 2.95. The van der Waals surface area contributed by atoms with Crippen molar-refractivity contribution in [1.82, 2.24) is 4.98 Å². The fourth-order valence-corrected chi connectivity index (χ4v) is 4.22. The third-order valence-corrected chi connectivity index (χ3v) is 5.48. The number of aryl methyl sites for hydroxylation is 1. The minimum absolute atomic E-state index is 0.240. The standard InChI is InChI=1S/C18H15ClFN3O3S2/c1-10-15(16-4-3-12(20)9-21-16)8-17(27-10)18(24)22-13-5-11(19)6-14(7-13)23-28(2,25)26/h3-9,23H,1-2H3,(H,22,24). The Kier molecular flexibility index (Phi) is 5.69. The van der Waals surface area contributed by atoms with Gasteiger partial charge in [0.05, 0.1) is 28.7 Å². The Hall–Kier alpha value is -2.49. The molecule has 10 heteroatoms. The van der Waals surface area contributed by atoms with E-state index in [-0.39, 0.29) is 16.6 Å². The molecule has 0 atom stereocenters. The van der Waals surface area contributed by atoms with Gasteiger partial charge in [-0.25, -0.2) is 12.8 Å². The Bertz CT molecular complexity index is 1150. The van der Waals surface area contributed by atoms with Crippen molar-refractivity contribution < 1.29 is 17.6 Å². The quantitative estimate of drug-likeness (QED) is 0.611. The summed E-state index contributed by atoms with van der Waals surface area (Å²) in [4.78, 5) is 17.9. The van der Waals surface area contributed by atoms with E-state index < -0.39 is 15.8 Å². The molecule has 0 bridgehead atoms. The van der Waals surface area contributed by atoms with Gasteiger partial charge in [0, 0.05) is 21.2 Å². The molecule has 2 N–H and O–H groups in total. The number of carbonyl (C=O) groups is 1. The van der Waals surface area contributed by atoms with E-state index in [0.29, 0.717) is 16.3 Å². The predicted molar refractivity (Wildman–Crippen MR) is 110 cm³/mol. The van der Waals surface area contributed by atoms with E-state index in [1.165, 1.54) is 35.6 Å². The van der Waals surface area contributed by atoms with E-state index in [0.717, 1.165) is 22.9 Å². The molecular weight excluding hydrogens is 425 g/mol. The van der Waals surface area contributed by atoms with Gasteiger partial charge >= 0.3 is 0 Å². The molecule has 1 aromatic carbocycles. The van der Waals surface area contributed by atoms with E-state index in [2.05, 4.69) is 15.0 Å². The second-order valence-electron chi connectivity index (χ2n) is 6.00. The highest BCUT2D eigenvalue weighted by Gasteiger charge is 2.15. The number of sulfonamides is 1. The third-order valence-electron chi connectivity index (χ3n) is 3.60. The molecule has 0 unspecified atom stereocenters. The van der Waals surface area contributed by atoms with Gasteiger partial charge in [-0.3, -0.25) is 14.5 Å². The number of hydrogen-bond donors (Lipinski definition) is 2. The second-order valence-corrected chi connectivity index (χ2v) is 9.44. The highest BCUT2D eigenvalue weighted by Crippen LogP contribution is 2.31. The minimum Gasteiger partial charge on any atom is -0.321 e.